The van der Waals surface area contributed by atoms with Crippen LogP contribution in [0.3, 0.4) is 0 Å². The van der Waals surface area contributed by atoms with Gasteiger partial charge in [0.2, 0.25) is 0 Å². The van der Waals surface area contributed by atoms with Gasteiger partial charge in [0.05, 0.1) is 28.8 Å². The second kappa shape index (κ2) is 10.8. The SMILES string of the molecule is COC(=O)C1(c2ccc(-c3ccc(-c4snc(C)c4NC(=O)O[C@H](C)c4ccccc4Cl)c(F)c3)cc2)CC1. The second-order valence-electron chi connectivity index (χ2n) is 9.51. The van der Waals surface area contributed by atoms with E-state index in [1.807, 2.05) is 36.4 Å². The van der Waals surface area contributed by atoms with E-state index in [1.54, 1.807) is 38.1 Å². The van der Waals surface area contributed by atoms with Crippen LogP contribution in [0.2, 0.25) is 5.02 Å². The summed E-state index contributed by atoms with van der Waals surface area (Å²) < 4.78 is 30.2. The molecular formula is C30H26ClFN2O4S. The lowest BCUT2D eigenvalue weighted by Crippen LogP contribution is -2.21. The van der Waals surface area contributed by atoms with E-state index in [2.05, 4.69) is 9.69 Å². The van der Waals surface area contributed by atoms with Crippen molar-refractivity contribution in [3.8, 4) is 21.6 Å². The van der Waals surface area contributed by atoms with Crippen molar-refractivity contribution in [2.75, 3.05) is 12.4 Å². The predicted octanol–water partition coefficient (Wildman–Crippen LogP) is 8.09. The number of aromatic nitrogens is 1. The zero-order chi connectivity index (χ0) is 27.7. The van der Waals surface area contributed by atoms with Crippen LogP contribution in [0.1, 0.15) is 42.7 Å². The normalized spacial score (nSPS) is 14.4. The molecule has 1 fully saturated rings. The molecule has 39 heavy (non-hydrogen) atoms. The topological polar surface area (TPSA) is 77.5 Å². The number of anilines is 1. The highest BCUT2D eigenvalue weighted by Crippen LogP contribution is 2.49. The van der Waals surface area contributed by atoms with Crippen LogP contribution in [0.4, 0.5) is 14.9 Å². The van der Waals surface area contributed by atoms with Gasteiger partial charge in [0.1, 0.15) is 11.9 Å². The van der Waals surface area contributed by atoms with E-state index in [0.29, 0.717) is 38.0 Å². The van der Waals surface area contributed by atoms with Crippen LogP contribution in [0.5, 0.6) is 0 Å². The zero-order valence-corrected chi connectivity index (χ0v) is 23.2. The lowest BCUT2D eigenvalue weighted by atomic mass is 9.93. The number of carbonyl (C=O) groups is 2. The minimum absolute atomic E-state index is 0.225. The van der Waals surface area contributed by atoms with Gasteiger partial charge in [-0.25, -0.2) is 9.18 Å². The first kappa shape index (κ1) is 26.8. The fourth-order valence-corrected chi connectivity index (χ4v) is 5.82. The van der Waals surface area contributed by atoms with Gasteiger partial charge in [-0.05, 0) is 73.1 Å². The Morgan fingerprint density at radius 1 is 1.08 bits per heavy atom. The van der Waals surface area contributed by atoms with Gasteiger partial charge in [0, 0.05) is 16.1 Å². The van der Waals surface area contributed by atoms with Crippen LogP contribution in [0, 0.1) is 12.7 Å². The minimum Gasteiger partial charge on any atom is -0.468 e. The molecular weight excluding hydrogens is 539 g/mol. The summed E-state index contributed by atoms with van der Waals surface area (Å²) in [6.45, 7) is 3.47. The van der Waals surface area contributed by atoms with E-state index in [1.165, 1.54) is 13.2 Å². The van der Waals surface area contributed by atoms with E-state index in [4.69, 9.17) is 21.1 Å². The van der Waals surface area contributed by atoms with Crippen LogP contribution in [0.25, 0.3) is 21.6 Å². The standard InChI is InChI=1S/C30H26ClFN2O4S/c1-17-26(33-29(36)38-18(2)22-6-4-5-7-24(22)31)27(39-34-17)23-13-10-20(16-25(23)32)19-8-11-21(12-9-19)30(14-15-30)28(35)37-3/h4-13,16,18H,14-15H2,1-3H3,(H,33,36)/t18-/m1/s1. The Bertz CT molecular complexity index is 1550. The highest BCUT2D eigenvalue weighted by Gasteiger charge is 2.52. The smallest absolute Gasteiger partial charge is 0.412 e. The summed E-state index contributed by atoms with van der Waals surface area (Å²) in [6, 6.07) is 19.6. The maximum absolute atomic E-state index is 15.4. The molecule has 1 N–H and O–H groups in total. The van der Waals surface area contributed by atoms with Gasteiger partial charge in [0.25, 0.3) is 0 Å². The fraction of sp³-hybridized carbons (Fsp3) is 0.233. The third-order valence-electron chi connectivity index (χ3n) is 7.03. The number of carbonyl (C=O) groups excluding carboxylic acids is 2. The van der Waals surface area contributed by atoms with Crippen molar-refractivity contribution in [2.45, 2.75) is 38.2 Å². The lowest BCUT2D eigenvalue weighted by Gasteiger charge is -2.16. The van der Waals surface area contributed by atoms with E-state index in [9.17, 15) is 9.59 Å². The highest BCUT2D eigenvalue weighted by atomic mass is 35.5. The maximum atomic E-state index is 15.4. The molecule has 0 spiro atoms. The monoisotopic (exact) mass is 564 g/mol. The molecule has 0 aliphatic heterocycles. The van der Waals surface area contributed by atoms with Gasteiger partial charge in [-0.15, -0.1) is 0 Å². The lowest BCUT2D eigenvalue weighted by molar-refractivity contribution is -0.143. The number of rotatable bonds is 7. The Morgan fingerprint density at radius 3 is 2.41 bits per heavy atom. The van der Waals surface area contributed by atoms with Crippen molar-refractivity contribution in [1.29, 1.82) is 0 Å². The molecule has 4 aromatic rings. The third-order valence-corrected chi connectivity index (χ3v) is 8.34. The van der Waals surface area contributed by atoms with E-state index < -0.39 is 23.4 Å². The summed E-state index contributed by atoms with van der Waals surface area (Å²) in [7, 11) is 1.40. The van der Waals surface area contributed by atoms with Gasteiger partial charge in [0.15, 0.2) is 0 Å². The number of methoxy groups -OCH3 is 1. The molecule has 6 nitrogen and oxygen atoms in total. The number of amides is 1. The molecule has 0 saturated heterocycles. The first-order valence-corrected chi connectivity index (χ1v) is 13.6. The summed E-state index contributed by atoms with van der Waals surface area (Å²) in [4.78, 5) is 25.4. The number of hydrogen-bond acceptors (Lipinski definition) is 6. The molecule has 1 amide bonds. The summed E-state index contributed by atoms with van der Waals surface area (Å²) in [5.41, 5.74) is 3.81. The molecule has 5 rings (SSSR count). The average molecular weight is 565 g/mol. The number of esters is 1. The largest absolute Gasteiger partial charge is 0.468 e. The molecule has 200 valence electrons. The molecule has 3 aromatic carbocycles. The van der Waals surface area contributed by atoms with E-state index in [0.717, 1.165) is 35.5 Å². The summed E-state index contributed by atoms with van der Waals surface area (Å²) in [5.74, 6) is -0.675. The fourth-order valence-electron chi connectivity index (χ4n) is 4.65. The number of nitrogens with zero attached hydrogens (tertiary/aromatic N) is 1. The molecule has 0 radical (unpaired) electrons. The van der Waals surface area contributed by atoms with Crippen molar-refractivity contribution in [1.82, 2.24) is 4.37 Å². The van der Waals surface area contributed by atoms with Gasteiger partial charge < -0.3 is 9.47 Å². The van der Waals surface area contributed by atoms with Crippen LogP contribution < -0.4 is 5.32 Å². The predicted molar refractivity (Wildman–Crippen MR) is 151 cm³/mol. The van der Waals surface area contributed by atoms with Crippen LogP contribution in [0.15, 0.2) is 66.7 Å². The molecule has 0 bridgehead atoms. The average Bonchev–Trinajstić information content (AvgIpc) is 3.67. The van der Waals surface area contributed by atoms with Crippen molar-refractivity contribution in [3.63, 3.8) is 0 Å². The molecule has 9 heteroatoms. The zero-order valence-electron chi connectivity index (χ0n) is 21.6. The Morgan fingerprint density at radius 2 is 1.77 bits per heavy atom. The Hall–Kier alpha value is -3.75. The Labute approximate surface area is 234 Å². The molecule has 0 unspecified atom stereocenters. The molecule has 1 aliphatic carbocycles. The number of hydrogen-bond donors (Lipinski definition) is 1. The number of benzene rings is 3. The van der Waals surface area contributed by atoms with Gasteiger partial charge in [-0.3, -0.25) is 10.1 Å². The van der Waals surface area contributed by atoms with Gasteiger partial charge in [-0.2, -0.15) is 4.37 Å². The van der Waals surface area contributed by atoms with E-state index in [-0.39, 0.29) is 5.97 Å². The van der Waals surface area contributed by atoms with Crippen LogP contribution >= 0.6 is 23.1 Å². The number of aryl methyl sites for hydroxylation is 1. The summed E-state index contributed by atoms with van der Waals surface area (Å²) in [6.07, 6.45) is 0.252. The van der Waals surface area contributed by atoms with Crippen LogP contribution in [-0.2, 0) is 19.7 Å². The number of ether oxygens (including phenoxy) is 2. The maximum Gasteiger partial charge on any atom is 0.412 e. The minimum atomic E-state index is -0.690. The first-order chi connectivity index (χ1) is 18.7. The van der Waals surface area contributed by atoms with Gasteiger partial charge >= 0.3 is 12.1 Å². The van der Waals surface area contributed by atoms with Crippen molar-refractivity contribution < 1.29 is 23.5 Å². The van der Waals surface area contributed by atoms with Crippen molar-refractivity contribution >= 4 is 40.9 Å². The third kappa shape index (κ3) is 5.27. The van der Waals surface area contributed by atoms with Crippen molar-refractivity contribution in [2.24, 2.45) is 0 Å². The number of halogens is 2. The molecule has 1 aromatic heterocycles. The molecule has 1 heterocycles. The van der Waals surface area contributed by atoms with E-state index >= 15 is 4.39 Å². The number of nitrogens with one attached hydrogen (secondary N) is 1. The molecule has 1 saturated carbocycles. The highest BCUT2D eigenvalue weighted by molar-refractivity contribution is 7.10. The summed E-state index contributed by atoms with van der Waals surface area (Å²) in [5, 5.41) is 3.23. The molecule has 1 aliphatic rings. The second-order valence-corrected chi connectivity index (χ2v) is 10.7. The van der Waals surface area contributed by atoms with Crippen LogP contribution in [-0.4, -0.2) is 23.5 Å². The van der Waals surface area contributed by atoms with Gasteiger partial charge in [-0.1, -0.05) is 60.1 Å². The Kier molecular flexibility index (Phi) is 7.42. The Balaban J connectivity index is 1.34. The van der Waals surface area contributed by atoms with Crippen molar-refractivity contribution in [3.05, 3.63) is 94.4 Å². The molecule has 1 atom stereocenters. The summed E-state index contributed by atoms with van der Waals surface area (Å²) >= 11 is 7.31. The quantitative estimate of drug-likeness (QED) is 0.229. The first-order valence-electron chi connectivity index (χ1n) is 12.4.